The van der Waals surface area contributed by atoms with Crippen molar-refractivity contribution in [1.82, 2.24) is 5.32 Å². The summed E-state index contributed by atoms with van der Waals surface area (Å²) in [6.45, 7) is 4.02. The van der Waals surface area contributed by atoms with Gasteiger partial charge in [-0.1, -0.05) is 6.42 Å². The van der Waals surface area contributed by atoms with Crippen molar-refractivity contribution in [2.45, 2.75) is 57.5 Å². The monoisotopic (exact) mass is 281 g/mol. The number of hydrogen-bond donors (Lipinski definition) is 1. The second kappa shape index (κ2) is 6.76. The summed E-state index contributed by atoms with van der Waals surface area (Å²) in [5.74, 6) is 2.00. The Morgan fingerprint density at radius 3 is 2.90 bits per heavy atom. The Morgan fingerprint density at radius 1 is 1.30 bits per heavy atom. The highest BCUT2D eigenvalue weighted by Gasteiger charge is 2.50. The molecule has 0 aromatic rings. The zero-order valence-corrected chi connectivity index (χ0v) is 13.0. The van der Waals surface area contributed by atoms with Crippen LogP contribution in [-0.4, -0.2) is 39.5 Å². The molecule has 0 aromatic carbocycles. The number of hydrogen-bond acceptors (Lipinski definition) is 3. The van der Waals surface area contributed by atoms with Crippen molar-refractivity contribution < 1.29 is 9.47 Å². The van der Waals surface area contributed by atoms with Crippen LogP contribution in [0.1, 0.15) is 51.4 Å². The standard InChI is InChI=1S/C17H31NO2/c1-19-10-8-18-13-17(7-6-16-3-2-9-20-16)12-14-4-5-15(17)11-14/h14-16,18H,2-13H2,1H3. The second-order valence-corrected chi connectivity index (χ2v) is 7.29. The molecule has 1 heterocycles. The summed E-state index contributed by atoms with van der Waals surface area (Å²) in [6.07, 6.45) is 11.7. The maximum absolute atomic E-state index is 5.84. The molecular formula is C17H31NO2. The first-order valence-corrected chi connectivity index (χ1v) is 8.64. The highest BCUT2D eigenvalue weighted by molar-refractivity contribution is 5.01. The molecule has 2 bridgehead atoms. The maximum Gasteiger partial charge on any atom is 0.0587 e. The average Bonchev–Trinajstić information content (AvgIpc) is 3.18. The van der Waals surface area contributed by atoms with E-state index in [9.17, 15) is 0 Å². The molecule has 3 heteroatoms. The Kier molecular flexibility index (Phi) is 5.00. The van der Waals surface area contributed by atoms with Crippen LogP contribution in [0.25, 0.3) is 0 Å². The molecule has 116 valence electrons. The Balaban J connectivity index is 1.52. The van der Waals surface area contributed by atoms with Gasteiger partial charge in [0.05, 0.1) is 12.7 Å². The van der Waals surface area contributed by atoms with Gasteiger partial charge >= 0.3 is 0 Å². The van der Waals surface area contributed by atoms with Crippen LogP contribution in [0, 0.1) is 17.3 Å². The van der Waals surface area contributed by atoms with E-state index in [1.54, 1.807) is 7.11 Å². The lowest BCUT2D eigenvalue weighted by Gasteiger charge is -2.39. The topological polar surface area (TPSA) is 30.5 Å². The van der Waals surface area contributed by atoms with Crippen LogP contribution in [-0.2, 0) is 9.47 Å². The molecule has 0 radical (unpaired) electrons. The highest BCUT2D eigenvalue weighted by atomic mass is 16.5. The van der Waals surface area contributed by atoms with Crippen molar-refractivity contribution in [2.75, 3.05) is 33.4 Å². The van der Waals surface area contributed by atoms with Gasteiger partial charge in [0.25, 0.3) is 0 Å². The first-order chi connectivity index (χ1) is 9.82. The molecule has 3 fully saturated rings. The number of nitrogens with one attached hydrogen (secondary N) is 1. The Morgan fingerprint density at radius 2 is 2.25 bits per heavy atom. The van der Waals surface area contributed by atoms with Crippen LogP contribution < -0.4 is 5.32 Å². The van der Waals surface area contributed by atoms with E-state index in [0.29, 0.717) is 11.5 Å². The van der Waals surface area contributed by atoms with Gasteiger partial charge in [-0.05, 0) is 62.2 Å². The van der Waals surface area contributed by atoms with E-state index in [1.165, 1.54) is 57.9 Å². The maximum atomic E-state index is 5.84. The zero-order valence-electron chi connectivity index (χ0n) is 13.0. The van der Waals surface area contributed by atoms with Crippen LogP contribution in [0.15, 0.2) is 0 Å². The molecule has 2 aliphatic carbocycles. The van der Waals surface area contributed by atoms with Gasteiger partial charge in [-0.3, -0.25) is 0 Å². The molecule has 0 aromatic heterocycles. The molecule has 3 aliphatic rings. The van der Waals surface area contributed by atoms with Gasteiger partial charge in [0, 0.05) is 26.8 Å². The van der Waals surface area contributed by atoms with Crippen molar-refractivity contribution in [3.05, 3.63) is 0 Å². The fourth-order valence-corrected chi connectivity index (χ4v) is 5.00. The normalized spacial score (nSPS) is 39.8. The summed E-state index contributed by atoms with van der Waals surface area (Å²) in [4.78, 5) is 0. The molecule has 0 spiro atoms. The summed E-state index contributed by atoms with van der Waals surface area (Å²) < 4.78 is 11.0. The highest BCUT2D eigenvalue weighted by Crippen LogP contribution is 2.58. The van der Waals surface area contributed by atoms with E-state index < -0.39 is 0 Å². The number of fused-ring (bicyclic) bond motifs is 2. The lowest BCUT2D eigenvalue weighted by molar-refractivity contribution is 0.0684. The first kappa shape index (κ1) is 14.8. The van der Waals surface area contributed by atoms with Crippen LogP contribution >= 0.6 is 0 Å². The lowest BCUT2D eigenvalue weighted by atomic mass is 9.69. The quantitative estimate of drug-likeness (QED) is 0.694. The van der Waals surface area contributed by atoms with Crippen molar-refractivity contribution in [3.8, 4) is 0 Å². The molecule has 3 rings (SSSR count). The van der Waals surface area contributed by atoms with Crippen molar-refractivity contribution in [3.63, 3.8) is 0 Å². The van der Waals surface area contributed by atoms with Crippen LogP contribution in [0.5, 0.6) is 0 Å². The number of methoxy groups -OCH3 is 1. The molecule has 1 N–H and O–H groups in total. The van der Waals surface area contributed by atoms with Crippen molar-refractivity contribution in [2.24, 2.45) is 17.3 Å². The molecule has 4 atom stereocenters. The van der Waals surface area contributed by atoms with Gasteiger partial charge in [0.1, 0.15) is 0 Å². The van der Waals surface area contributed by atoms with Gasteiger partial charge < -0.3 is 14.8 Å². The summed E-state index contributed by atoms with van der Waals surface area (Å²) in [5, 5.41) is 3.66. The minimum Gasteiger partial charge on any atom is -0.383 e. The Labute approximate surface area is 123 Å². The van der Waals surface area contributed by atoms with E-state index in [1.807, 2.05) is 0 Å². The van der Waals surface area contributed by atoms with E-state index in [-0.39, 0.29) is 0 Å². The molecule has 1 aliphatic heterocycles. The van der Waals surface area contributed by atoms with E-state index in [2.05, 4.69) is 5.32 Å². The van der Waals surface area contributed by atoms with Crippen molar-refractivity contribution >= 4 is 0 Å². The minimum absolute atomic E-state index is 0.560. The first-order valence-electron chi connectivity index (χ1n) is 8.64. The molecule has 2 saturated carbocycles. The summed E-state index contributed by atoms with van der Waals surface area (Å²) in [6, 6.07) is 0. The van der Waals surface area contributed by atoms with Gasteiger partial charge in [-0.15, -0.1) is 0 Å². The Bertz CT molecular complexity index is 303. The lowest BCUT2D eigenvalue weighted by Crippen LogP contribution is -2.40. The minimum atomic E-state index is 0.560. The summed E-state index contributed by atoms with van der Waals surface area (Å²) >= 11 is 0. The van der Waals surface area contributed by atoms with Crippen LogP contribution in [0.3, 0.4) is 0 Å². The van der Waals surface area contributed by atoms with Crippen molar-refractivity contribution in [1.29, 1.82) is 0 Å². The third-order valence-electron chi connectivity index (χ3n) is 6.05. The van der Waals surface area contributed by atoms with Crippen LogP contribution in [0.4, 0.5) is 0 Å². The fraction of sp³-hybridized carbons (Fsp3) is 1.00. The fourth-order valence-electron chi connectivity index (χ4n) is 5.00. The third-order valence-corrected chi connectivity index (χ3v) is 6.05. The van der Waals surface area contributed by atoms with E-state index in [0.717, 1.165) is 31.6 Å². The molecule has 3 nitrogen and oxygen atoms in total. The Hall–Kier alpha value is -0.120. The second-order valence-electron chi connectivity index (χ2n) is 7.29. The molecule has 20 heavy (non-hydrogen) atoms. The smallest absolute Gasteiger partial charge is 0.0587 e. The average molecular weight is 281 g/mol. The summed E-state index contributed by atoms with van der Waals surface area (Å²) in [7, 11) is 1.78. The predicted octanol–water partition coefficient (Wildman–Crippen LogP) is 2.99. The van der Waals surface area contributed by atoms with Gasteiger partial charge in [0.15, 0.2) is 0 Å². The molecule has 0 amide bonds. The summed E-state index contributed by atoms with van der Waals surface area (Å²) in [5.41, 5.74) is 0.572. The molecular weight excluding hydrogens is 250 g/mol. The molecule has 1 saturated heterocycles. The van der Waals surface area contributed by atoms with Gasteiger partial charge in [-0.2, -0.15) is 0 Å². The molecule has 4 unspecified atom stereocenters. The number of rotatable bonds is 8. The predicted molar refractivity (Wildman–Crippen MR) is 80.8 cm³/mol. The van der Waals surface area contributed by atoms with E-state index in [4.69, 9.17) is 9.47 Å². The number of ether oxygens (including phenoxy) is 2. The van der Waals surface area contributed by atoms with Gasteiger partial charge in [-0.25, -0.2) is 0 Å². The van der Waals surface area contributed by atoms with Crippen LogP contribution in [0.2, 0.25) is 0 Å². The largest absolute Gasteiger partial charge is 0.383 e. The van der Waals surface area contributed by atoms with E-state index >= 15 is 0 Å². The van der Waals surface area contributed by atoms with Gasteiger partial charge in [0.2, 0.25) is 0 Å². The zero-order chi connectivity index (χ0) is 13.8. The SMILES string of the molecule is COCCNCC1(CCC2CCCO2)CC2CCC1C2. The third kappa shape index (κ3) is 3.20.